The third-order valence-corrected chi connectivity index (χ3v) is 8.34. The molecule has 6 rings (SSSR count). The SMILES string of the molecule is CC1CC(=O)Nc2ncnc(N3CCC(c4nc(C5CCOCC5)cn4CCN4CCC4)CC3)c21. The Hall–Kier alpha value is -2.52. The van der Waals surface area contributed by atoms with Gasteiger partial charge in [-0.2, -0.15) is 0 Å². The van der Waals surface area contributed by atoms with Crippen molar-refractivity contribution in [2.24, 2.45) is 0 Å². The van der Waals surface area contributed by atoms with Gasteiger partial charge >= 0.3 is 0 Å². The van der Waals surface area contributed by atoms with Gasteiger partial charge in [-0.1, -0.05) is 6.92 Å². The lowest BCUT2D eigenvalue weighted by Gasteiger charge is -2.36. The lowest BCUT2D eigenvalue weighted by molar-refractivity contribution is -0.116. The lowest BCUT2D eigenvalue weighted by atomic mass is 9.92. The second-order valence-electron chi connectivity index (χ2n) is 10.7. The predicted molar refractivity (Wildman–Crippen MR) is 134 cm³/mol. The van der Waals surface area contributed by atoms with Crippen molar-refractivity contribution in [1.29, 1.82) is 0 Å². The van der Waals surface area contributed by atoms with E-state index in [1.807, 2.05) is 0 Å². The molecule has 0 saturated carbocycles. The molecular weight excluding hydrogens is 442 g/mol. The molecule has 0 spiro atoms. The fraction of sp³-hybridized carbons (Fsp3) is 0.692. The van der Waals surface area contributed by atoms with Crippen molar-refractivity contribution in [3.05, 3.63) is 29.6 Å². The number of anilines is 2. The van der Waals surface area contributed by atoms with Gasteiger partial charge in [0, 0.05) is 69.4 Å². The molecule has 2 aromatic heterocycles. The van der Waals surface area contributed by atoms with Gasteiger partial charge in [0.05, 0.1) is 5.69 Å². The van der Waals surface area contributed by atoms with Gasteiger partial charge < -0.3 is 24.4 Å². The zero-order valence-electron chi connectivity index (χ0n) is 20.8. The molecule has 1 N–H and O–H groups in total. The monoisotopic (exact) mass is 479 g/mol. The van der Waals surface area contributed by atoms with E-state index in [1.54, 1.807) is 6.33 Å². The summed E-state index contributed by atoms with van der Waals surface area (Å²) < 4.78 is 8.07. The summed E-state index contributed by atoms with van der Waals surface area (Å²) in [6.07, 6.45) is 10.0. The quantitative estimate of drug-likeness (QED) is 0.681. The number of hydrogen-bond acceptors (Lipinski definition) is 7. The average molecular weight is 480 g/mol. The highest BCUT2D eigenvalue weighted by Crippen LogP contribution is 2.39. The van der Waals surface area contributed by atoms with Gasteiger partial charge in [0.25, 0.3) is 0 Å². The molecule has 3 fully saturated rings. The highest BCUT2D eigenvalue weighted by molar-refractivity contribution is 5.94. The minimum atomic E-state index is 0.0405. The van der Waals surface area contributed by atoms with E-state index in [0.717, 1.165) is 76.5 Å². The van der Waals surface area contributed by atoms with E-state index in [0.29, 0.717) is 24.1 Å². The number of nitrogens with zero attached hydrogens (tertiary/aromatic N) is 6. The molecule has 2 aromatic rings. The third kappa shape index (κ3) is 4.68. The van der Waals surface area contributed by atoms with Crippen LogP contribution in [-0.4, -0.2) is 76.3 Å². The van der Waals surface area contributed by atoms with Crippen molar-refractivity contribution < 1.29 is 9.53 Å². The van der Waals surface area contributed by atoms with Crippen molar-refractivity contribution in [3.8, 4) is 0 Å². The summed E-state index contributed by atoms with van der Waals surface area (Å²) in [6, 6.07) is 0. The molecule has 0 bridgehead atoms. The van der Waals surface area contributed by atoms with Gasteiger partial charge in [-0.3, -0.25) is 4.79 Å². The van der Waals surface area contributed by atoms with Crippen LogP contribution in [0.2, 0.25) is 0 Å². The van der Waals surface area contributed by atoms with Crippen molar-refractivity contribution >= 4 is 17.5 Å². The van der Waals surface area contributed by atoms with Crippen LogP contribution in [0.25, 0.3) is 0 Å². The standard InChI is InChI=1S/C26H37N7O2/c1-18-15-22(34)30-24-23(18)26(28-17-27-24)32-9-3-20(4-10-32)25-29-21(19-5-13-35-14-6-19)16-33(25)12-11-31-7-2-8-31/h16-20H,2-15H2,1H3,(H,27,28,30,34). The summed E-state index contributed by atoms with van der Waals surface area (Å²) in [7, 11) is 0. The lowest BCUT2D eigenvalue weighted by Crippen LogP contribution is -2.39. The van der Waals surface area contributed by atoms with Crippen LogP contribution in [0.5, 0.6) is 0 Å². The number of carbonyl (C=O) groups is 1. The van der Waals surface area contributed by atoms with Crippen molar-refractivity contribution in [2.75, 3.05) is 56.2 Å². The fourth-order valence-electron chi connectivity index (χ4n) is 6.10. The first kappa shape index (κ1) is 22.9. The molecule has 0 aliphatic carbocycles. The van der Waals surface area contributed by atoms with E-state index in [-0.39, 0.29) is 11.8 Å². The smallest absolute Gasteiger partial charge is 0.226 e. The van der Waals surface area contributed by atoms with Crippen LogP contribution in [-0.2, 0) is 16.1 Å². The molecule has 35 heavy (non-hydrogen) atoms. The molecule has 4 aliphatic rings. The van der Waals surface area contributed by atoms with E-state index in [1.165, 1.54) is 31.0 Å². The van der Waals surface area contributed by atoms with E-state index >= 15 is 0 Å². The average Bonchev–Trinajstić information content (AvgIpc) is 3.27. The van der Waals surface area contributed by atoms with Gasteiger partial charge in [-0.15, -0.1) is 0 Å². The summed E-state index contributed by atoms with van der Waals surface area (Å²) in [5.41, 5.74) is 2.35. The van der Waals surface area contributed by atoms with E-state index in [2.05, 4.69) is 42.8 Å². The van der Waals surface area contributed by atoms with Crippen molar-refractivity contribution in [3.63, 3.8) is 0 Å². The van der Waals surface area contributed by atoms with Crippen molar-refractivity contribution in [2.45, 2.75) is 69.7 Å². The number of nitrogens with one attached hydrogen (secondary N) is 1. The molecule has 1 unspecified atom stereocenters. The molecule has 0 radical (unpaired) electrons. The Bertz CT molecular complexity index is 1050. The number of fused-ring (bicyclic) bond motifs is 1. The molecular formula is C26H37N7O2. The number of ether oxygens (including phenoxy) is 1. The normalized spacial score (nSPS) is 24.2. The zero-order valence-corrected chi connectivity index (χ0v) is 20.8. The molecule has 4 aliphatic heterocycles. The number of amides is 1. The Kier molecular flexibility index (Phi) is 6.45. The van der Waals surface area contributed by atoms with Gasteiger partial charge in [0.2, 0.25) is 5.91 Å². The molecule has 6 heterocycles. The van der Waals surface area contributed by atoms with E-state index < -0.39 is 0 Å². The van der Waals surface area contributed by atoms with Crippen LogP contribution in [0, 0.1) is 0 Å². The van der Waals surface area contributed by atoms with Crippen LogP contribution in [0.4, 0.5) is 11.6 Å². The van der Waals surface area contributed by atoms with Crippen LogP contribution in [0.1, 0.15) is 80.3 Å². The maximum absolute atomic E-state index is 12.0. The molecule has 1 atom stereocenters. The molecule has 0 aromatic carbocycles. The van der Waals surface area contributed by atoms with Gasteiger partial charge in [-0.25, -0.2) is 15.0 Å². The topological polar surface area (TPSA) is 88.4 Å². The number of imidazole rings is 1. The number of aromatic nitrogens is 4. The summed E-state index contributed by atoms with van der Waals surface area (Å²) in [5, 5.41) is 2.94. The Morgan fingerprint density at radius 1 is 1.03 bits per heavy atom. The summed E-state index contributed by atoms with van der Waals surface area (Å²) in [6.45, 7) is 10.3. The number of carbonyl (C=O) groups excluding carboxylic acids is 1. The first-order chi connectivity index (χ1) is 17.2. The molecule has 188 valence electrons. The highest BCUT2D eigenvalue weighted by atomic mass is 16.5. The largest absolute Gasteiger partial charge is 0.381 e. The molecule has 9 heteroatoms. The Morgan fingerprint density at radius 3 is 2.57 bits per heavy atom. The van der Waals surface area contributed by atoms with Gasteiger partial charge in [0.15, 0.2) is 0 Å². The van der Waals surface area contributed by atoms with Crippen LogP contribution >= 0.6 is 0 Å². The van der Waals surface area contributed by atoms with Gasteiger partial charge in [-0.05, 0) is 51.1 Å². The second-order valence-corrected chi connectivity index (χ2v) is 10.7. The minimum absolute atomic E-state index is 0.0405. The van der Waals surface area contributed by atoms with E-state index in [9.17, 15) is 4.79 Å². The number of likely N-dealkylation sites (tertiary alicyclic amines) is 1. The number of rotatable bonds is 6. The zero-order chi connectivity index (χ0) is 23.8. The Labute approximate surface area is 207 Å². The Balaban J connectivity index is 1.19. The maximum atomic E-state index is 12.0. The minimum Gasteiger partial charge on any atom is -0.381 e. The third-order valence-electron chi connectivity index (χ3n) is 8.34. The fourth-order valence-corrected chi connectivity index (χ4v) is 6.10. The summed E-state index contributed by atoms with van der Waals surface area (Å²) >= 11 is 0. The summed E-state index contributed by atoms with van der Waals surface area (Å²) in [4.78, 5) is 31.2. The van der Waals surface area contributed by atoms with E-state index in [4.69, 9.17) is 9.72 Å². The van der Waals surface area contributed by atoms with Crippen molar-refractivity contribution in [1.82, 2.24) is 24.4 Å². The molecule has 3 saturated heterocycles. The number of hydrogen-bond donors (Lipinski definition) is 1. The number of piperidine rings is 1. The predicted octanol–water partition coefficient (Wildman–Crippen LogP) is 3.10. The molecule has 1 amide bonds. The van der Waals surface area contributed by atoms with Crippen LogP contribution in [0.3, 0.4) is 0 Å². The first-order valence-corrected chi connectivity index (χ1v) is 13.4. The molecule has 9 nitrogen and oxygen atoms in total. The maximum Gasteiger partial charge on any atom is 0.226 e. The highest BCUT2D eigenvalue weighted by Gasteiger charge is 2.32. The van der Waals surface area contributed by atoms with Gasteiger partial charge in [0.1, 0.15) is 23.8 Å². The van der Waals surface area contributed by atoms with Crippen LogP contribution < -0.4 is 10.2 Å². The second kappa shape index (κ2) is 9.85. The van der Waals surface area contributed by atoms with Crippen LogP contribution in [0.15, 0.2) is 12.5 Å². The summed E-state index contributed by atoms with van der Waals surface area (Å²) in [5.74, 6) is 4.11. The first-order valence-electron chi connectivity index (χ1n) is 13.4. The Morgan fingerprint density at radius 2 is 1.83 bits per heavy atom.